The molecular weight excluding hydrogens is 236 g/mol. The zero-order chi connectivity index (χ0) is 14.3. The first-order valence-electron chi connectivity index (χ1n) is 7.14. The van der Waals surface area contributed by atoms with Gasteiger partial charge in [-0.2, -0.15) is 10.4 Å². The number of aryl methyl sites for hydroxylation is 1. The predicted octanol–water partition coefficient (Wildman–Crippen LogP) is 3.74. The maximum atomic E-state index is 9.28. The number of nitrogens with one attached hydrogen (secondary N) is 1. The van der Waals surface area contributed by atoms with E-state index in [1.165, 1.54) is 12.8 Å². The lowest BCUT2D eigenvalue weighted by Crippen LogP contribution is -2.21. The molecule has 104 valence electrons. The van der Waals surface area contributed by atoms with Gasteiger partial charge in [0.05, 0.1) is 5.69 Å². The molecule has 0 saturated heterocycles. The van der Waals surface area contributed by atoms with Crippen molar-refractivity contribution in [3.05, 3.63) is 16.8 Å². The highest BCUT2D eigenvalue weighted by Crippen LogP contribution is 2.20. The van der Waals surface area contributed by atoms with E-state index in [9.17, 15) is 5.26 Å². The average molecular weight is 260 g/mol. The second-order valence-corrected chi connectivity index (χ2v) is 5.02. The maximum Gasteiger partial charge on any atom is 0.167 e. The Morgan fingerprint density at radius 1 is 1.16 bits per heavy atom. The van der Waals surface area contributed by atoms with Gasteiger partial charge in [-0.15, -0.1) is 5.10 Å². The summed E-state index contributed by atoms with van der Waals surface area (Å²) in [5.74, 6) is 0.639. The summed E-state index contributed by atoms with van der Waals surface area (Å²) in [6.07, 6.45) is 5.72. The SMILES string of the molecule is CCCCC(CCC)Nc1nnc(C)c(C)c1C#N. The highest BCUT2D eigenvalue weighted by molar-refractivity contribution is 5.56. The fourth-order valence-electron chi connectivity index (χ4n) is 2.13. The number of nitrogens with zero attached hydrogens (tertiary/aromatic N) is 3. The second-order valence-electron chi connectivity index (χ2n) is 5.02. The summed E-state index contributed by atoms with van der Waals surface area (Å²) < 4.78 is 0. The predicted molar refractivity (Wildman–Crippen MR) is 78.1 cm³/mol. The minimum Gasteiger partial charge on any atom is -0.365 e. The second kappa shape index (κ2) is 7.73. The maximum absolute atomic E-state index is 9.28. The van der Waals surface area contributed by atoms with Gasteiger partial charge in [0.1, 0.15) is 11.6 Å². The van der Waals surface area contributed by atoms with E-state index in [-0.39, 0.29) is 0 Å². The lowest BCUT2D eigenvalue weighted by molar-refractivity contribution is 0.561. The number of hydrogen-bond donors (Lipinski definition) is 1. The van der Waals surface area contributed by atoms with E-state index >= 15 is 0 Å². The van der Waals surface area contributed by atoms with E-state index in [4.69, 9.17) is 0 Å². The monoisotopic (exact) mass is 260 g/mol. The molecule has 0 aliphatic rings. The highest BCUT2D eigenvalue weighted by atomic mass is 15.2. The topological polar surface area (TPSA) is 61.6 Å². The van der Waals surface area contributed by atoms with Crippen molar-refractivity contribution in [1.82, 2.24) is 10.2 Å². The van der Waals surface area contributed by atoms with E-state index in [2.05, 4.69) is 35.4 Å². The molecule has 1 N–H and O–H groups in total. The molecule has 0 aromatic carbocycles. The Kier molecular flexibility index (Phi) is 6.27. The van der Waals surface area contributed by atoms with Crippen LogP contribution in [0.15, 0.2) is 0 Å². The van der Waals surface area contributed by atoms with Crippen molar-refractivity contribution in [2.75, 3.05) is 5.32 Å². The molecule has 1 aromatic heterocycles. The van der Waals surface area contributed by atoms with E-state index in [1.807, 2.05) is 13.8 Å². The Morgan fingerprint density at radius 3 is 2.47 bits per heavy atom. The van der Waals surface area contributed by atoms with Crippen molar-refractivity contribution < 1.29 is 0 Å². The van der Waals surface area contributed by atoms with Gasteiger partial charge in [0.15, 0.2) is 5.82 Å². The third-order valence-corrected chi connectivity index (χ3v) is 3.45. The number of anilines is 1. The number of unbranched alkanes of at least 4 members (excludes halogenated alkanes) is 1. The van der Waals surface area contributed by atoms with Gasteiger partial charge < -0.3 is 5.32 Å². The van der Waals surface area contributed by atoms with Crippen LogP contribution in [0.25, 0.3) is 0 Å². The van der Waals surface area contributed by atoms with Crippen molar-refractivity contribution >= 4 is 5.82 Å². The summed E-state index contributed by atoms with van der Waals surface area (Å²) in [5, 5.41) is 21.0. The molecule has 0 spiro atoms. The van der Waals surface area contributed by atoms with Gasteiger partial charge in [-0.25, -0.2) is 0 Å². The zero-order valence-corrected chi connectivity index (χ0v) is 12.5. The van der Waals surface area contributed by atoms with Gasteiger partial charge in [0.25, 0.3) is 0 Å². The summed E-state index contributed by atoms with van der Waals surface area (Å²) in [5.41, 5.74) is 2.37. The van der Waals surface area contributed by atoms with Crippen LogP contribution in [0.3, 0.4) is 0 Å². The largest absolute Gasteiger partial charge is 0.365 e. The number of rotatable bonds is 7. The van der Waals surface area contributed by atoms with Crippen LogP contribution in [0.1, 0.15) is 62.8 Å². The first kappa shape index (κ1) is 15.4. The molecule has 0 radical (unpaired) electrons. The fourth-order valence-corrected chi connectivity index (χ4v) is 2.13. The first-order chi connectivity index (χ1) is 9.13. The van der Waals surface area contributed by atoms with Crippen molar-refractivity contribution in [1.29, 1.82) is 5.26 Å². The molecule has 0 amide bonds. The molecule has 4 nitrogen and oxygen atoms in total. The Balaban J connectivity index is 2.90. The summed E-state index contributed by atoms with van der Waals surface area (Å²) in [7, 11) is 0. The van der Waals surface area contributed by atoms with Crippen LogP contribution < -0.4 is 5.32 Å². The Hall–Kier alpha value is -1.63. The summed E-state index contributed by atoms with van der Waals surface area (Å²) in [6.45, 7) is 8.18. The van der Waals surface area contributed by atoms with Crippen LogP contribution in [-0.4, -0.2) is 16.2 Å². The number of nitriles is 1. The molecule has 0 aliphatic carbocycles. The third kappa shape index (κ3) is 4.20. The van der Waals surface area contributed by atoms with Crippen molar-refractivity contribution in [3.63, 3.8) is 0 Å². The van der Waals surface area contributed by atoms with Gasteiger partial charge in [-0.3, -0.25) is 0 Å². The van der Waals surface area contributed by atoms with E-state index in [0.29, 0.717) is 17.4 Å². The molecule has 0 saturated carbocycles. The molecule has 1 rings (SSSR count). The third-order valence-electron chi connectivity index (χ3n) is 3.45. The molecule has 1 atom stereocenters. The van der Waals surface area contributed by atoms with Gasteiger partial charge >= 0.3 is 0 Å². The van der Waals surface area contributed by atoms with Gasteiger partial charge in [-0.05, 0) is 32.3 Å². The van der Waals surface area contributed by atoms with E-state index in [1.54, 1.807) is 0 Å². The lowest BCUT2D eigenvalue weighted by atomic mass is 10.0. The average Bonchev–Trinajstić information content (AvgIpc) is 2.41. The summed E-state index contributed by atoms with van der Waals surface area (Å²) in [6, 6.07) is 2.63. The Morgan fingerprint density at radius 2 is 1.89 bits per heavy atom. The van der Waals surface area contributed by atoms with Crippen LogP contribution >= 0.6 is 0 Å². The first-order valence-corrected chi connectivity index (χ1v) is 7.14. The van der Waals surface area contributed by atoms with E-state index < -0.39 is 0 Å². The van der Waals surface area contributed by atoms with Crippen LogP contribution in [0, 0.1) is 25.2 Å². The van der Waals surface area contributed by atoms with Gasteiger partial charge in [0.2, 0.25) is 0 Å². The minimum absolute atomic E-state index is 0.383. The van der Waals surface area contributed by atoms with Gasteiger partial charge in [-0.1, -0.05) is 33.1 Å². The number of aromatic nitrogens is 2. The quantitative estimate of drug-likeness (QED) is 0.811. The van der Waals surface area contributed by atoms with E-state index in [0.717, 1.165) is 30.5 Å². The van der Waals surface area contributed by atoms with Crippen molar-refractivity contribution in [3.8, 4) is 6.07 Å². The Bertz CT molecular complexity index is 448. The van der Waals surface area contributed by atoms with Crippen LogP contribution in [0.2, 0.25) is 0 Å². The minimum atomic E-state index is 0.383. The standard InChI is InChI=1S/C15H24N4/c1-5-7-9-13(8-6-2)17-15-14(10-16)11(3)12(4)18-19-15/h13H,5-9H2,1-4H3,(H,17,19). The molecule has 1 aromatic rings. The smallest absolute Gasteiger partial charge is 0.167 e. The van der Waals surface area contributed by atoms with Crippen LogP contribution in [-0.2, 0) is 0 Å². The molecule has 0 aliphatic heterocycles. The zero-order valence-electron chi connectivity index (χ0n) is 12.5. The van der Waals surface area contributed by atoms with Crippen molar-refractivity contribution in [2.24, 2.45) is 0 Å². The molecule has 19 heavy (non-hydrogen) atoms. The highest BCUT2D eigenvalue weighted by Gasteiger charge is 2.14. The number of hydrogen-bond acceptors (Lipinski definition) is 4. The Labute approximate surface area is 116 Å². The normalized spacial score (nSPS) is 11.9. The lowest BCUT2D eigenvalue weighted by Gasteiger charge is -2.19. The fraction of sp³-hybridized carbons (Fsp3) is 0.667. The molecule has 0 fully saturated rings. The summed E-state index contributed by atoms with van der Waals surface area (Å²) in [4.78, 5) is 0. The van der Waals surface area contributed by atoms with Crippen LogP contribution in [0.4, 0.5) is 5.82 Å². The molecule has 4 heteroatoms. The van der Waals surface area contributed by atoms with Gasteiger partial charge in [0, 0.05) is 6.04 Å². The molecule has 0 bridgehead atoms. The summed E-state index contributed by atoms with van der Waals surface area (Å²) >= 11 is 0. The molecule has 1 heterocycles. The molecule has 1 unspecified atom stereocenters. The van der Waals surface area contributed by atoms with Crippen molar-refractivity contribution in [2.45, 2.75) is 65.8 Å². The molecular formula is C15H24N4. The van der Waals surface area contributed by atoms with Crippen LogP contribution in [0.5, 0.6) is 0 Å².